The summed E-state index contributed by atoms with van der Waals surface area (Å²) in [7, 11) is 2.22. The molecule has 0 saturated carbocycles. The van der Waals surface area contributed by atoms with E-state index < -0.39 is 0 Å². The van der Waals surface area contributed by atoms with Gasteiger partial charge in [-0.05, 0) is 27.7 Å². The van der Waals surface area contributed by atoms with Gasteiger partial charge in [-0.1, -0.05) is 6.92 Å². The van der Waals surface area contributed by atoms with Crippen molar-refractivity contribution < 1.29 is 9.28 Å². The topological polar surface area (TPSA) is 17.1 Å². The largest absolute Gasteiger partial charge is 0.313 e. The third-order valence-corrected chi connectivity index (χ3v) is 4.09. The van der Waals surface area contributed by atoms with E-state index in [1.165, 1.54) is 0 Å². The Labute approximate surface area is 87.9 Å². The fraction of sp³-hybridized carbons (Fsp3) is 0.917. The zero-order valence-corrected chi connectivity index (χ0v) is 10.4. The maximum absolute atomic E-state index is 11.9. The van der Waals surface area contributed by atoms with Crippen LogP contribution >= 0.6 is 0 Å². The summed E-state index contributed by atoms with van der Waals surface area (Å²) in [6.07, 6.45) is 0.769. The van der Waals surface area contributed by atoms with E-state index in [4.69, 9.17) is 0 Å². The highest BCUT2D eigenvalue weighted by Gasteiger charge is 2.48. The molecule has 1 saturated heterocycles. The van der Waals surface area contributed by atoms with Gasteiger partial charge in [-0.3, -0.25) is 4.79 Å². The first-order valence-corrected chi connectivity index (χ1v) is 5.56. The van der Waals surface area contributed by atoms with Crippen LogP contribution in [0.15, 0.2) is 0 Å². The summed E-state index contributed by atoms with van der Waals surface area (Å²) in [6.45, 7) is 12.1. The zero-order valence-electron chi connectivity index (χ0n) is 10.4. The number of rotatable bonds is 0. The van der Waals surface area contributed by atoms with Crippen molar-refractivity contribution in [2.45, 2.75) is 52.6 Å². The molecule has 1 fully saturated rings. The molecule has 0 aromatic carbocycles. The Morgan fingerprint density at radius 3 is 2.21 bits per heavy atom. The fourth-order valence-corrected chi connectivity index (χ4v) is 2.56. The van der Waals surface area contributed by atoms with Gasteiger partial charge >= 0.3 is 0 Å². The molecule has 2 heteroatoms. The Morgan fingerprint density at radius 1 is 1.29 bits per heavy atom. The van der Waals surface area contributed by atoms with E-state index in [0.717, 1.165) is 17.4 Å². The standard InChI is InChI=1S/C12H24NO/c1-9-7-11(14)10(2)13(6,8-9)12(3,4)5/h9-10H,7-8H2,1-6H3/q+1/t9-,10+,13?/m1/s1. The Balaban J connectivity index is 3.01. The Kier molecular flexibility index (Phi) is 2.79. The van der Waals surface area contributed by atoms with Crippen LogP contribution < -0.4 is 0 Å². The predicted octanol–water partition coefficient (Wildman–Crippen LogP) is 2.23. The number of Topliss-reactive ketones (excluding diaryl/α,β-unsaturated/α-hetero) is 1. The van der Waals surface area contributed by atoms with E-state index in [-0.39, 0.29) is 11.6 Å². The normalized spacial score (nSPS) is 40.0. The van der Waals surface area contributed by atoms with E-state index in [1.807, 2.05) is 0 Å². The van der Waals surface area contributed by atoms with Crippen LogP contribution in [0.4, 0.5) is 0 Å². The van der Waals surface area contributed by atoms with Crippen molar-refractivity contribution in [1.82, 2.24) is 0 Å². The molecule has 2 nitrogen and oxygen atoms in total. The lowest BCUT2D eigenvalue weighted by Gasteiger charge is -2.53. The summed E-state index contributed by atoms with van der Waals surface area (Å²) < 4.78 is 0.882. The van der Waals surface area contributed by atoms with Gasteiger partial charge in [0.15, 0.2) is 5.78 Å². The molecule has 0 radical (unpaired) electrons. The number of likely N-dealkylation sites (tertiary alicyclic amines) is 1. The number of piperidine rings is 1. The number of nitrogens with zero attached hydrogens (tertiary/aromatic N) is 1. The van der Waals surface area contributed by atoms with E-state index in [0.29, 0.717) is 11.7 Å². The molecule has 82 valence electrons. The van der Waals surface area contributed by atoms with Gasteiger partial charge in [0.2, 0.25) is 0 Å². The second-order valence-electron chi connectivity index (χ2n) is 6.07. The van der Waals surface area contributed by atoms with Crippen molar-refractivity contribution >= 4 is 5.78 Å². The van der Waals surface area contributed by atoms with Crippen LogP contribution in [0, 0.1) is 5.92 Å². The van der Waals surface area contributed by atoms with E-state index >= 15 is 0 Å². The van der Waals surface area contributed by atoms with Crippen molar-refractivity contribution in [3.63, 3.8) is 0 Å². The zero-order chi connectivity index (χ0) is 11.1. The van der Waals surface area contributed by atoms with Gasteiger partial charge in [0, 0.05) is 12.3 Å². The summed E-state index contributed by atoms with van der Waals surface area (Å²) in [4.78, 5) is 11.9. The molecule has 0 N–H and O–H groups in total. The molecular weight excluding hydrogens is 174 g/mol. The number of ketones is 1. The maximum Gasteiger partial charge on any atom is 0.190 e. The van der Waals surface area contributed by atoms with Crippen molar-refractivity contribution in [1.29, 1.82) is 0 Å². The molecule has 1 aliphatic heterocycles. The summed E-state index contributed by atoms with van der Waals surface area (Å²) in [6, 6.07) is 0.159. The van der Waals surface area contributed by atoms with Crippen molar-refractivity contribution in [2.75, 3.05) is 13.6 Å². The molecule has 0 spiro atoms. The molecule has 14 heavy (non-hydrogen) atoms. The van der Waals surface area contributed by atoms with Crippen molar-refractivity contribution in [3.05, 3.63) is 0 Å². The van der Waals surface area contributed by atoms with Gasteiger partial charge in [0.25, 0.3) is 0 Å². The van der Waals surface area contributed by atoms with Crippen LogP contribution in [0.25, 0.3) is 0 Å². The Bertz CT molecular complexity index is 241. The van der Waals surface area contributed by atoms with Gasteiger partial charge < -0.3 is 4.48 Å². The van der Waals surface area contributed by atoms with Crippen LogP contribution in [0.2, 0.25) is 0 Å². The first kappa shape index (κ1) is 11.7. The van der Waals surface area contributed by atoms with Crippen LogP contribution in [0.3, 0.4) is 0 Å². The lowest BCUT2D eigenvalue weighted by atomic mass is 9.86. The Morgan fingerprint density at radius 2 is 1.79 bits per heavy atom. The highest BCUT2D eigenvalue weighted by Crippen LogP contribution is 2.33. The molecule has 0 aliphatic carbocycles. The first-order valence-electron chi connectivity index (χ1n) is 5.56. The van der Waals surface area contributed by atoms with Crippen LogP contribution in [-0.2, 0) is 4.79 Å². The van der Waals surface area contributed by atoms with Gasteiger partial charge in [0.1, 0.15) is 6.04 Å². The minimum Gasteiger partial charge on any atom is -0.313 e. The first-order chi connectivity index (χ1) is 6.18. The lowest BCUT2D eigenvalue weighted by Crippen LogP contribution is -2.68. The number of carbonyl (C=O) groups excluding carboxylic acids is 1. The molecule has 1 heterocycles. The maximum atomic E-state index is 11.9. The summed E-state index contributed by atoms with van der Waals surface area (Å²) in [5.41, 5.74) is 0.157. The minimum absolute atomic E-state index is 0.157. The van der Waals surface area contributed by atoms with Gasteiger partial charge in [-0.15, -0.1) is 0 Å². The van der Waals surface area contributed by atoms with E-state index in [2.05, 4.69) is 41.7 Å². The monoisotopic (exact) mass is 198 g/mol. The van der Waals surface area contributed by atoms with Gasteiger partial charge in [-0.2, -0.15) is 0 Å². The SMILES string of the molecule is C[C@@H]1CC(=O)[C@H](C)[N+](C)(C(C)(C)C)C1. The van der Waals surface area contributed by atoms with E-state index in [1.54, 1.807) is 0 Å². The van der Waals surface area contributed by atoms with Gasteiger partial charge in [0.05, 0.1) is 19.1 Å². The molecule has 1 unspecified atom stereocenters. The predicted molar refractivity (Wildman–Crippen MR) is 59.1 cm³/mol. The van der Waals surface area contributed by atoms with Gasteiger partial charge in [-0.25, -0.2) is 0 Å². The lowest BCUT2D eigenvalue weighted by molar-refractivity contribution is -0.970. The third-order valence-electron chi connectivity index (χ3n) is 4.09. The molecule has 0 aromatic rings. The highest BCUT2D eigenvalue weighted by molar-refractivity contribution is 5.83. The molecule has 3 atom stereocenters. The van der Waals surface area contributed by atoms with Crippen LogP contribution in [0.1, 0.15) is 41.0 Å². The highest BCUT2D eigenvalue weighted by atomic mass is 16.1. The third kappa shape index (κ3) is 1.72. The molecule has 0 aromatic heterocycles. The average molecular weight is 198 g/mol. The minimum atomic E-state index is 0.157. The summed E-state index contributed by atoms with van der Waals surface area (Å²) in [5, 5.41) is 0. The smallest absolute Gasteiger partial charge is 0.190 e. The van der Waals surface area contributed by atoms with Crippen molar-refractivity contribution in [2.24, 2.45) is 5.92 Å². The van der Waals surface area contributed by atoms with Crippen molar-refractivity contribution in [3.8, 4) is 0 Å². The summed E-state index contributed by atoms with van der Waals surface area (Å²) >= 11 is 0. The number of carbonyl (C=O) groups is 1. The molecule has 0 amide bonds. The second kappa shape index (κ2) is 3.34. The quantitative estimate of drug-likeness (QED) is 0.546. The number of likely N-dealkylation sites (N-methyl/N-ethyl adjacent to an activating group) is 1. The second-order valence-corrected chi connectivity index (χ2v) is 6.07. The fourth-order valence-electron chi connectivity index (χ4n) is 2.56. The molecule has 1 aliphatic rings. The Hall–Kier alpha value is -0.370. The number of hydrogen-bond donors (Lipinski definition) is 0. The average Bonchev–Trinajstić information content (AvgIpc) is 1.97. The van der Waals surface area contributed by atoms with E-state index in [9.17, 15) is 4.79 Å². The number of hydrogen-bond acceptors (Lipinski definition) is 1. The summed E-state index contributed by atoms with van der Waals surface area (Å²) in [5.74, 6) is 0.962. The number of quaternary nitrogens is 1. The van der Waals surface area contributed by atoms with Crippen LogP contribution in [-0.4, -0.2) is 35.4 Å². The molecular formula is C12H24NO+. The van der Waals surface area contributed by atoms with Crippen LogP contribution in [0.5, 0.6) is 0 Å². The molecule has 0 bridgehead atoms. The molecule has 1 rings (SSSR count).